The van der Waals surface area contributed by atoms with Crippen molar-refractivity contribution in [3.05, 3.63) is 0 Å². The summed E-state index contributed by atoms with van der Waals surface area (Å²) in [5, 5.41) is 18.6. The lowest BCUT2D eigenvalue weighted by atomic mass is 10.2. The Bertz CT molecular complexity index is 276. The van der Waals surface area contributed by atoms with Crippen LogP contribution in [0.5, 0.6) is 0 Å². The number of carbonyl (C=O) groups is 2. The molecule has 1 fully saturated rings. The number of ether oxygens (including phenoxy) is 1. The lowest BCUT2D eigenvalue weighted by Crippen LogP contribution is -2.51. The summed E-state index contributed by atoms with van der Waals surface area (Å²) in [6.45, 7) is 3.22. The van der Waals surface area contributed by atoms with Crippen LogP contribution in [0.2, 0.25) is 0 Å². The number of aliphatic hydroxyl groups is 1. The van der Waals surface area contributed by atoms with Gasteiger partial charge in [-0.15, -0.1) is 0 Å². The summed E-state index contributed by atoms with van der Waals surface area (Å²) in [5.41, 5.74) is -1.48. The van der Waals surface area contributed by atoms with Crippen LogP contribution < -0.4 is 0 Å². The summed E-state index contributed by atoms with van der Waals surface area (Å²) < 4.78 is 4.74. The first kappa shape index (κ1) is 11.8. The minimum Gasteiger partial charge on any atom is -0.465 e. The predicted molar refractivity (Wildman–Crippen MR) is 50.1 cm³/mol. The van der Waals surface area contributed by atoms with Gasteiger partial charge in [-0.25, -0.2) is 9.59 Å². The Morgan fingerprint density at radius 3 is 2.67 bits per heavy atom. The molecule has 0 saturated carbocycles. The third-order valence-corrected chi connectivity index (χ3v) is 2.49. The summed E-state index contributed by atoms with van der Waals surface area (Å²) in [7, 11) is 0. The van der Waals surface area contributed by atoms with Crippen molar-refractivity contribution >= 4 is 12.1 Å². The number of likely N-dealkylation sites (tertiary alicyclic amines) is 1. The Balaban J connectivity index is 2.83. The summed E-state index contributed by atoms with van der Waals surface area (Å²) in [5.74, 6) is -0.599. The van der Waals surface area contributed by atoms with E-state index in [1.165, 1.54) is 6.92 Å². The molecule has 0 spiro atoms. The predicted octanol–water partition coefficient (Wildman–Crippen LogP) is 0.400. The van der Waals surface area contributed by atoms with Crippen LogP contribution >= 0.6 is 0 Å². The number of hydrogen-bond acceptors (Lipinski definition) is 4. The summed E-state index contributed by atoms with van der Waals surface area (Å²) in [6.07, 6.45) is -0.781. The van der Waals surface area contributed by atoms with Crippen LogP contribution in [0.1, 0.15) is 26.7 Å². The second kappa shape index (κ2) is 4.06. The van der Waals surface area contributed by atoms with Gasteiger partial charge in [0.25, 0.3) is 0 Å². The molecule has 0 radical (unpaired) electrons. The van der Waals surface area contributed by atoms with E-state index in [9.17, 15) is 14.7 Å². The molecule has 2 unspecified atom stereocenters. The molecule has 86 valence electrons. The molecule has 0 aromatic carbocycles. The molecule has 1 saturated heterocycles. The fourth-order valence-corrected chi connectivity index (χ4v) is 1.80. The third kappa shape index (κ3) is 2.20. The monoisotopic (exact) mass is 217 g/mol. The van der Waals surface area contributed by atoms with Gasteiger partial charge in [0.2, 0.25) is 0 Å². The van der Waals surface area contributed by atoms with E-state index in [0.29, 0.717) is 0 Å². The summed E-state index contributed by atoms with van der Waals surface area (Å²) in [6, 6.07) is -0.891. The Morgan fingerprint density at radius 2 is 2.20 bits per heavy atom. The lowest BCUT2D eigenvalue weighted by Gasteiger charge is -2.30. The average molecular weight is 217 g/mol. The van der Waals surface area contributed by atoms with Crippen LogP contribution in [0, 0.1) is 0 Å². The van der Waals surface area contributed by atoms with Gasteiger partial charge < -0.3 is 14.9 Å². The molecule has 6 nitrogen and oxygen atoms in total. The second-order valence-corrected chi connectivity index (χ2v) is 3.68. The molecule has 0 bridgehead atoms. The van der Waals surface area contributed by atoms with E-state index in [1.807, 2.05) is 0 Å². The molecule has 6 heteroatoms. The fraction of sp³-hybridized carbons (Fsp3) is 0.778. The van der Waals surface area contributed by atoms with Crippen LogP contribution in [-0.2, 0) is 9.53 Å². The van der Waals surface area contributed by atoms with Gasteiger partial charge in [-0.1, -0.05) is 0 Å². The molecule has 0 aliphatic carbocycles. The van der Waals surface area contributed by atoms with Crippen molar-refractivity contribution in [1.29, 1.82) is 0 Å². The van der Waals surface area contributed by atoms with Crippen molar-refractivity contribution in [3.8, 4) is 0 Å². The SMILES string of the molecule is CCOC(=O)C1CCC(C)(O)N1C(=O)O. The zero-order valence-corrected chi connectivity index (χ0v) is 8.77. The van der Waals surface area contributed by atoms with Gasteiger partial charge in [0.15, 0.2) is 0 Å². The first-order chi connectivity index (χ1) is 6.90. The number of esters is 1. The molecule has 1 rings (SSSR count). The largest absolute Gasteiger partial charge is 0.465 e. The Hall–Kier alpha value is -1.30. The first-order valence-corrected chi connectivity index (χ1v) is 4.81. The van der Waals surface area contributed by atoms with E-state index in [4.69, 9.17) is 9.84 Å². The van der Waals surface area contributed by atoms with Gasteiger partial charge in [-0.05, 0) is 26.7 Å². The molecule has 1 aliphatic rings. The van der Waals surface area contributed by atoms with Gasteiger partial charge in [-0.3, -0.25) is 4.90 Å². The Morgan fingerprint density at radius 1 is 1.60 bits per heavy atom. The van der Waals surface area contributed by atoms with Gasteiger partial charge in [0.1, 0.15) is 11.8 Å². The number of amides is 1. The quantitative estimate of drug-likeness (QED) is 0.654. The smallest absolute Gasteiger partial charge is 0.410 e. The maximum absolute atomic E-state index is 11.4. The molecular weight excluding hydrogens is 202 g/mol. The van der Waals surface area contributed by atoms with Crippen molar-refractivity contribution in [2.24, 2.45) is 0 Å². The maximum atomic E-state index is 11.4. The lowest BCUT2D eigenvalue weighted by molar-refractivity contribution is -0.152. The van der Waals surface area contributed by atoms with Crippen LogP contribution in [0.4, 0.5) is 4.79 Å². The van der Waals surface area contributed by atoms with E-state index in [0.717, 1.165) is 4.90 Å². The Labute approximate surface area is 87.4 Å². The second-order valence-electron chi connectivity index (χ2n) is 3.68. The van der Waals surface area contributed by atoms with Crippen molar-refractivity contribution in [1.82, 2.24) is 4.90 Å². The minimum atomic E-state index is -1.48. The van der Waals surface area contributed by atoms with E-state index in [2.05, 4.69) is 0 Å². The minimum absolute atomic E-state index is 0.199. The van der Waals surface area contributed by atoms with Gasteiger partial charge >= 0.3 is 12.1 Å². The van der Waals surface area contributed by atoms with E-state index in [-0.39, 0.29) is 19.4 Å². The normalized spacial score (nSPS) is 30.3. The van der Waals surface area contributed by atoms with Crippen molar-refractivity contribution < 1.29 is 24.5 Å². The number of rotatable bonds is 2. The van der Waals surface area contributed by atoms with Gasteiger partial charge in [0, 0.05) is 0 Å². The summed E-state index contributed by atoms with van der Waals surface area (Å²) >= 11 is 0. The number of carboxylic acid groups (broad SMARTS) is 1. The molecule has 1 heterocycles. The third-order valence-electron chi connectivity index (χ3n) is 2.49. The molecule has 0 aromatic heterocycles. The molecule has 0 aromatic rings. The highest BCUT2D eigenvalue weighted by atomic mass is 16.5. The zero-order valence-electron chi connectivity index (χ0n) is 8.77. The highest BCUT2D eigenvalue weighted by Crippen LogP contribution is 2.32. The highest BCUT2D eigenvalue weighted by Gasteiger charge is 2.48. The standard InChI is InChI=1S/C9H15NO5/c1-3-15-7(11)6-4-5-9(2,14)10(6)8(12)13/h6,14H,3-5H2,1-2H3,(H,12,13). The highest BCUT2D eigenvalue weighted by molar-refractivity contribution is 5.82. The Kier molecular flexibility index (Phi) is 3.18. The van der Waals surface area contributed by atoms with Crippen molar-refractivity contribution in [3.63, 3.8) is 0 Å². The van der Waals surface area contributed by atoms with Crippen LogP contribution in [0.25, 0.3) is 0 Å². The molecule has 2 N–H and O–H groups in total. The van der Waals surface area contributed by atoms with Gasteiger partial charge in [-0.2, -0.15) is 0 Å². The number of hydrogen-bond donors (Lipinski definition) is 2. The van der Waals surface area contributed by atoms with Crippen molar-refractivity contribution in [2.45, 2.75) is 38.5 Å². The molecular formula is C9H15NO5. The van der Waals surface area contributed by atoms with Crippen LogP contribution in [-0.4, -0.2) is 45.5 Å². The molecule has 2 atom stereocenters. The average Bonchev–Trinajstić information content (AvgIpc) is 2.41. The topological polar surface area (TPSA) is 87.1 Å². The fourth-order valence-electron chi connectivity index (χ4n) is 1.80. The first-order valence-electron chi connectivity index (χ1n) is 4.81. The van der Waals surface area contributed by atoms with E-state index in [1.54, 1.807) is 6.92 Å². The molecule has 15 heavy (non-hydrogen) atoms. The zero-order chi connectivity index (χ0) is 11.6. The molecule has 1 aliphatic heterocycles. The van der Waals surface area contributed by atoms with Crippen molar-refractivity contribution in [2.75, 3.05) is 6.61 Å². The van der Waals surface area contributed by atoms with Crippen LogP contribution in [0.15, 0.2) is 0 Å². The number of nitrogens with zero attached hydrogens (tertiary/aromatic N) is 1. The van der Waals surface area contributed by atoms with E-state index >= 15 is 0 Å². The van der Waals surface area contributed by atoms with Crippen LogP contribution in [0.3, 0.4) is 0 Å². The molecule has 1 amide bonds. The van der Waals surface area contributed by atoms with E-state index < -0.39 is 23.8 Å². The number of carbonyl (C=O) groups excluding carboxylic acids is 1. The summed E-state index contributed by atoms with van der Waals surface area (Å²) in [4.78, 5) is 23.1. The maximum Gasteiger partial charge on any atom is 0.410 e. The van der Waals surface area contributed by atoms with Gasteiger partial charge in [0.05, 0.1) is 6.61 Å².